The topological polar surface area (TPSA) is 26.0 Å². The molecule has 0 aliphatic carbocycles. The fourth-order valence-electron chi connectivity index (χ4n) is 1.26. The van der Waals surface area contributed by atoms with E-state index in [1.165, 1.54) is 0 Å². The SMILES string of the molecule is C=CCC[C@H](N)c1ccc(Br)cc1Cl. The predicted molar refractivity (Wildman–Crippen MR) is 65.5 cm³/mol. The molecule has 1 aromatic carbocycles. The zero-order valence-corrected chi connectivity index (χ0v) is 10.2. The molecule has 0 aliphatic heterocycles. The summed E-state index contributed by atoms with van der Waals surface area (Å²) in [7, 11) is 0. The third-order valence-electron chi connectivity index (χ3n) is 2.04. The van der Waals surface area contributed by atoms with Crippen LogP contribution in [-0.4, -0.2) is 0 Å². The van der Waals surface area contributed by atoms with Crippen molar-refractivity contribution in [2.45, 2.75) is 18.9 Å². The van der Waals surface area contributed by atoms with Gasteiger partial charge in [-0.15, -0.1) is 6.58 Å². The first kappa shape index (κ1) is 11.8. The zero-order valence-electron chi connectivity index (χ0n) is 7.84. The minimum absolute atomic E-state index is 0.00593. The summed E-state index contributed by atoms with van der Waals surface area (Å²) >= 11 is 9.42. The van der Waals surface area contributed by atoms with E-state index in [2.05, 4.69) is 22.5 Å². The van der Waals surface area contributed by atoms with Crippen LogP contribution in [-0.2, 0) is 0 Å². The van der Waals surface area contributed by atoms with Crippen molar-refractivity contribution in [3.8, 4) is 0 Å². The Morgan fingerprint density at radius 3 is 2.86 bits per heavy atom. The van der Waals surface area contributed by atoms with Crippen molar-refractivity contribution >= 4 is 27.5 Å². The quantitative estimate of drug-likeness (QED) is 0.823. The van der Waals surface area contributed by atoms with Crippen LogP contribution in [0.25, 0.3) is 0 Å². The van der Waals surface area contributed by atoms with Crippen LogP contribution in [0, 0.1) is 0 Å². The molecule has 0 unspecified atom stereocenters. The van der Waals surface area contributed by atoms with Gasteiger partial charge in [-0.2, -0.15) is 0 Å². The molecular weight excluding hydrogens is 261 g/mol. The number of halogens is 2. The van der Waals surface area contributed by atoms with Gasteiger partial charge in [-0.25, -0.2) is 0 Å². The maximum atomic E-state index is 6.07. The molecule has 2 N–H and O–H groups in total. The second-order valence-electron chi connectivity index (χ2n) is 3.14. The van der Waals surface area contributed by atoms with Gasteiger partial charge in [0.1, 0.15) is 0 Å². The van der Waals surface area contributed by atoms with Crippen molar-refractivity contribution in [1.82, 2.24) is 0 Å². The van der Waals surface area contributed by atoms with E-state index < -0.39 is 0 Å². The lowest BCUT2D eigenvalue weighted by Gasteiger charge is -2.12. The van der Waals surface area contributed by atoms with Gasteiger partial charge in [-0.05, 0) is 30.5 Å². The molecule has 3 heteroatoms. The molecule has 0 saturated carbocycles. The van der Waals surface area contributed by atoms with Gasteiger partial charge in [0.15, 0.2) is 0 Å². The molecule has 0 amide bonds. The first-order chi connectivity index (χ1) is 6.65. The summed E-state index contributed by atoms with van der Waals surface area (Å²) in [6, 6.07) is 5.77. The summed E-state index contributed by atoms with van der Waals surface area (Å²) in [6.45, 7) is 3.67. The average Bonchev–Trinajstić information content (AvgIpc) is 2.14. The highest BCUT2D eigenvalue weighted by Crippen LogP contribution is 2.27. The summed E-state index contributed by atoms with van der Waals surface area (Å²) in [4.78, 5) is 0. The van der Waals surface area contributed by atoms with E-state index in [0.29, 0.717) is 0 Å². The monoisotopic (exact) mass is 273 g/mol. The lowest BCUT2D eigenvalue weighted by Crippen LogP contribution is -2.10. The molecule has 1 atom stereocenters. The lowest BCUT2D eigenvalue weighted by molar-refractivity contribution is 0.661. The lowest BCUT2D eigenvalue weighted by atomic mass is 10.0. The molecular formula is C11H13BrClN. The Hall–Kier alpha value is -0.310. The largest absolute Gasteiger partial charge is 0.324 e. The number of nitrogens with two attached hydrogens (primary N) is 1. The first-order valence-corrected chi connectivity index (χ1v) is 5.63. The fourth-order valence-corrected chi connectivity index (χ4v) is 2.07. The van der Waals surface area contributed by atoms with Gasteiger partial charge in [0.2, 0.25) is 0 Å². The smallest absolute Gasteiger partial charge is 0.0464 e. The highest BCUT2D eigenvalue weighted by Gasteiger charge is 2.09. The van der Waals surface area contributed by atoms with Gasteiger partial charge in [0.25, 0.3) is 0 Å². The molecule has 0 fully saturated rings. The molecule has 0 heterocycles. The molecule has 0 aliphatic rings. The molecule has 0 bridgehead atoms. The van der Waals surface area contributed by atoms with Crippen LogP contribution in [0.2, 0.25) is 5.02 Å². The van der Waals surface area contributed by atoms with Gasteiger partial charge in [-0.1, -0.05) is 39.7 Å². The number of allylic oxidation sites excluding steroid dienone is 1. The molecule has 0 aromatic heterocycles. The average molecular weight is 275 g/mol. The maximum absolute atomic E-state index is 6.07. The van der Waals surface area contributed by atoms with Crippen molar-refractivity contribution < 1.29 is 0 Å². The van der Waals surface area contributed by atoms with Crippen molar-refractivity contribution in [2.24, 2.45) is 5.73 Å². The Labute approximate surface area is 98.1 Å². The van der Waals surface area contributed by atoms with Gasteiger partial charge in [-0.3, -0.25) is 0 Å². The summed E-state index contributed by atoms with van der Waals surface area (Å²) in [5, 5.41) is 0.718. The zero-order chi connectivity index (χ0) is 10.6. The minimum atomic E-state index is -0.00593. The van der Waals surface area contributed by atoms with Crippen LogP contribution in [0.4, 0.5) is 0 Å². The summed E-state index contributed by atoms with van der Waals surface area (Å²) in [5.74, 6) is 0. The van der Waals surface area contributed by atoms with Crippen LogP contribution < -0.4 is 5.73 Å². The summed E-state index contributed by atoms with van der Waals surface area (Å²) < 4.78 is 0.974. The van der Waals surface area contributed by atoms with E-state index in [-0.39, 0.29) is 6.04 Å². The van der Waals surface area contributed by atoms with Gasteiger partial charge in [0.05, 0.1) is 0 Å². The second-order valence-corrected chi connectivity index (χ2v) is 4.46. The van der Waals surface area contributed by atoms with Gasteiger partial charge < -0.3 is 5.73 Å². The Morgan fingerprint density at radius 2 is 2.29 bits per heavy atom. The van der Waals surface area contributed by atoms with Crippen LogP contribution in [0.3, 0.4) is 0 Å². The highest BCUT2D eigenvalue weighted by atomic mass is 79.9. The van der Waals surface area contributed by atoms with E-state index in [0.717, 1.165) is 27.9 Å². The van der Waals surface area contributed by atoms with Crippen LogP contribution in [0.15, 0.2) is 35.3 Å². The van der Waals surface area contributed by atoms with Crippen LogP contribution >= 0.6 is 27.5 Å². The summed E-state index contributed by atoms with van der Waals surface area (Å²) in [6.07, 6.45) is 3.66. The van der Waals surface area contributed by atoms with Gasteiger partial charge >= 0.3 is 0 Å². The van der Waals surface area contributed by atoms with Crippen molar-refractivity contribution in [1.29, 1.82) is 0 Å². The number of benzene rings is 1. The summed E-state index contributed by atoms with van der Waals surface area (Å²) in [5.41, 5.74) is 6.98. The van der Waals surface area contributed by atoms with Crippen LogP contribution in [0.1, 0.15) is 24.4 Å². The molecule has 1 rings (SSSR count). The van der Waals surface area contributed by atoms with Gasteiger partial charge in [0, 0.05) is 15.5 Å². The Balaban J connectivity index is 2.78. The standard InChI is InChI=1S/C11H13BrClN/c1-2-3-4-11(14)9-6-5-8(12)7-10(9)13/h2,5-7,11H,1,3-4,14H2/t11-/m0/s1. The third kappa shape index (κ3) is 3.12. The number of hydrogen-bond donors (Lipinski definition) is 1. The van der Waals surface area contributed by atoms with Crippen LogP contribution in [0.5, 0.6) is 0 Å². The molecule has 0 spiro atoms. The second kappa shape index (κ2) is 5.54. The van der Waals surface area contributed by atoms with E-state index in [1.807, 2.05) is 24.3 Å². The maximum Gasteiger partial charge on any atom is 0.0464 e. The van der Waals surface area contributed by atoms with Crippen molar-refractivity contribution in [3.05, 3.63) is 45.9 Å². The third-order valence-corrected chi connectivity index (χ3v) is 2.86. The Morgan fingerprint density at radius 1 is 1.57 bits per heavy atom. The normalized spacial score (nSPS) is 12.5. The van der Waals surface area contributed by atoms with Crippen molar-refractivity contribution in [2.75, 3.05) is 0 Å². The molecule has 14 heavy (non-hydrogen) atoms. The minimum Gasteiger partial charge on any atom is -0.324 e. The van der Waals surface area contributed by atoms with Crippen molar-refractivity contribution in [3.63, 3.8) is 0 Å². The molecule has 0 saturated heterocycles. The Bertz CT molecular complexity index is 325. The molecule has 76 valence electrons. The molecule has 0 radical (unpaired) electrons. The highest BCUT2D eigenvalue weighted by molar-refractivity contribution is 9.10. The fraction of sp³-hybridized carbons (Fsp3) is 0.273. The first-order valence-electron chi connectivity index (χ1n) is 4.46. The Kier molecular flexibility index (Phi) is 4.66. The van der Waals surface area contributed by atoms with E-state index >= 15 is 0 Å². The molecule has 1 aromatic rings. The number of hydrogen-bond acceptors (Lipinski definition) is 1. The van der Waals surface area contributed by atoms with E-state index in [4.69, 9.17) is 17.3 Å². The predicted octanol–water partition coefficient (Wildman–Crippen LogP) is 4.07. The number of rotatable bonds is 4. The van der Waals surface area contributed by atoms with E-state index in [1.54, 1.807) is 0 Å². The van der Waals surface area contributed by atoms with E-state index in [9.17, 15) is 0 Å². The molecule has 1 nitrogen and oxygen atoms in total.